The van der Waals surface area contributed by atoms with Crippen molar-refractivity contribution >= 4 is 18.9 Å². The van der Waals surface area contributed by atoms with E-state index in [0.29, 0.717) is 17.9 Å². The number of piperazine rings is 1. The second-order valence-corrected chi connectivity index (χ2v) is 9.21. The van der Waals surface area contributed by atoms with E-state index in [1.807, 2.05) is 12.4 Å². The van der Waals surface area contributed by atoms with Gasteiger partial charge in [0.25, 0.3) is 12.9 Å². The lowest BCUT2D eigenvalue weighted by Gasteiger charge is -2.44. The Morgan fingerprint density at radius 1 is 1.03 bits per heavy atom. The van der Waals surface area contributed by atoms with Gasteiger partial charge in [-0.1, -0.05) is 6.92 Å². The minimum atomic E-state index is -0.250. The van der Waals surface area contributed by atoms with Crippen LogP contribution in [0, 0.1) is 11.8 Å². The minimum Gasteiger partial charge on any atom is -0.483 e. The van der Waals surface area contributed by atoms with Gasteiger partial charge in [-0.3, -0.25) is 19.4 Å². The number of anilines is 1. The van der Waals surface area contributed by atoms with E-state index < -0.39 is 0 Å². The van der Waals surface area contributed by atoms with Crippen molar-refractivity contribution in [2.24, 2.45) is 11.8 Å². The minimum absolute atomic E-state index is 0.170. The van der Waals surface area contributed by atoms with Crippen LogP contribution in [0.1, 0.15) is 31.7 Å². The van der Waals surface area contributed by atoms with Crippen LogP contribution in [0.15, 0.2) is 12.4 Å². The maximum Gasteiger partial charge on any atom is 0.290 e. The van der Waals surface area contributed by atoms with Crippen molar-refractivity contribution < 1.29 is 24.9 Å². The van der Waals surface area contributed by atoms with Gasteiger partial charge >= 0.3 is 0 Å². The maximum atomic E-state index is 10.8. The summed E-state index contributed by atoms with van der Waals surface area (Å²) in [6, 6.07) is 0.349. The number of carboxylic acid groups (broad SMARTS) is 2. The zero-order valence-corrected chi connectivity index (χ0v) is 20.3. The first kappa shape index (κ1) is 27.9. The Labute approximate surface area is 201 Å². The van der Waals surface area contributed by atoms with Gasteiger partial charge in [0.1, 0.15) is 0 Å². The van der Waals surface area contributed by atoms with E-state index in [9.17, 15) is 5.11 Å². The van der Waals surface area contributed by atoms with Gasteiger partial charge in [-0.15, -0.1) is 0 Å². The average Bonchev–Trinajstić information content (AvgIpc) is 3.20. The number of rotatable bonds is 6. The Bertz CT molecular complexity index is 710. The van der Waals surface area contributed by atoms with Gasteiger partial charge in [0.05, 0.1) is 6.10 Å². The van der Waals surface area contributed by atoms with Crippen LogP contribution in [0.2, 0.25) is 0 Å². The summed E-state index contributed by atoms with van der Waals surface area (Å²) in [5, 5.41) is 27.8. The number of likely N-dealkylation sites (N-methyl/N-ethyl adjacent to an activating group) is 1. The van der Waals surface area contributed by atoms with Gasteiger partial charge < -0.3 is 25.5 Å². The molecule has 11 nitrogen and oxygen atoms in total. The summed E-state index contributed by atoms with van der Waals surface area (Å²) in [6.07, 6.45) is 6.90. The largest absolute Gasteiger partial charge is 0.483 e. The Kier molecular flexibility index (Phi) is 12.2. The first-order valence-corrected chi connectivity index (χ1v) is 12.0. The van der Waals surface area contributed by atoms with E-state index in [1.165, 1.54) is 5.56 Å². The molecule has 4 atom stereocenters. The van der Waals surface area contributed by atoms with Crippen LogP contribution in [-0.4, -0.2) is 118 Å². The Morgan fingerprint density at radius 2 is 1.59 bits per heavy atom. The molecule has 1 aliphatic carbocycles. The van der Waals surface area contributed by atoms with Gasteiger partial charge in [0.2, 0.25) is 5.95 Å². The molecule has 1 aromatic heterocycles. The first-order valence-electron chi connectivity index (χ1n) is 12.0. The van der Waals surface area contributed by atoms with E-state index >= 15 is 0 Å². The molecule has 1 saturated carbocycles. The van der Waals surface area contributed by atoms with Crippen molar-refractivity contribution in [2.45, 2.75) is 44.9 Å². The van der Waals surface area contributed by atoms with Gasteiger partial charge in [-0.25, -0.2) is 9.97 Å². The van der Waals surface area contributed by atoms with Crippen LogP contribution in [0.25, 0.3) is 0 Å². The lowest BCUT2D eigenvalue weighted by molar-refractivity contribution is -0.123. The summed E-state index contributed by atoms with van der Waals surface area (Å²) in [4.78, 5) is 33.1. The zero-order chi connectivity index (χ0) is 24.9. The molecule has 2 aliphatic heterocycles. The van der Waals surface area contributed by atoms with Crippen molar-refractivity contribution in [2.75, 3.05) is 58.2 Å². The number of aliphatic hydroxyl groups is 1. The molecule has 4 rings (SSSR count). The van der Waals surface area contributed by atoms with Gasteiger partial charge in [0.15, 0.2) is 0 Å². The number of nitrogens with zero attached hydrogens (tertiary/aromatic N) is 5. The molecule has 0 aromatic carbocycles. The van der Waals surface area contributed by atoms with Gasteiger partial charge in [-0.05, 0) is 38.1 Å². The van der Waals surface area contributed by atoms with Crippen LogP contribution in [0.5, 0.6) is 0 Å². The summed E-state index contributed by atoms with van der Waals surface area (Å²) in [6.45, 7) is 10.1. The third-order valence-corrected chi connectivity index (χ3v) is 6.84. The highest BCUT2D eigenvalue weighted by molar-refractivity contribution is 5.33. The van der Waals surface area contributed by atoms with Crippen molar-refractivity contribution in [3.05, 3.63) is 18.0 Å². The molecule has 192 valence electrons. The number of aromatic nitrogens is 2. The van der Waals surface area contributed by atoms with Gasteiger partial charge in [0, 0.05) is 76.4 Å². The fourth-order valence-electron chi connectivity index (χ4n) is 5.20. The quantitative estimate of drug-likeness (QED) is 0.423. The molecule has 0 amide bonds. The SMILES string of the molecule is CCCNc1ncc(CN2C[C@H]3C[C@@H](N4CCN(C)CC4)[C@H](O)C[C@H]3C2)cn1.O=CO.O=CO. The highest BCUT2D eigenvalue weighted by atomic mass is 16.3. The maximum absolute atomic E-state index is 10.8. The number of hydrogen-bond donors (Lipinski definition) is 4. The fraction of sp³-hybridized carbons (Fsp3) is 0.739. The Morgan fingerprint density at radius 3 is 2.15 bits per heavy atom. The molecular weight excluding hydrogens is 440 g/mol. The summed E-state index contributed by atoms with van der Waals surface area (Å²) in [7, 11) is 2.19. The van der Waals surface area contributed by atoms with E-state index in [-0.39, 0.29) is 19.0 Å². The summed E-state index contributed by atoms with van der Waals surface area (Å²) >= 11 is 0. The predicted octanol–water partition coefficient (Wildman–Crippen LogP) is 0.519. The molecule has 0 spiro atoms. The normalized spacial score (nSPS) is 27.4. The molecular formula is C23H40N6O5. The van der Waals surface area contributed by atoms with Crippen molar-refractivity contribution in [3.63, 3.8) is 0 Å². The van der Waals surface area contributed by atoms with Crippen LogP contribution in [-0.2, 0) is 16.1 Å². The van der Waals surface area contributed by atoms with Crippen LogP contribution < -0.4 is 5.32 Å². The molecule has 1 aromatic rings. The van der Waals surface area contributed by atoms with E-state index in [2.05, 4.69) is 44.0 Å². The van der Waals surface area contributed by atoms with Crippen molar-refractivity contribution in [1.82, 2.24) is 24.7 Å². The van der Waals surface area contributed by atoms with E-state index in [4.69, 9.17) is 19.8 Å². The molecule has 4 N–H and O–H groups in total. The summed E-state index contributed by atoms with van der Waals surface area (Å²) in [5.74, 6) is 2.06. The topological polar surface area (TPSA) is 142 Å². The van der Waals surface area contributed by atoms with E-state index in [1.54, 1.807) is 0 Å². The second kappa shape index (κ2) is 14.8. The molecule has 2 saturated heterocycles. The average molecular weight is 481 g/mol. The molecule has 34 heavy (non-hydrogen) atoms. The zero-order valence-electron chi connectivity index (χ0n) is 20.3. The third kappa shape index (κ3) is 8.46. The fourth-order valence-corrected chi connectivity index (χ4v) is 5.20. The first-order chi connectivity index (χ1) is 16.4. The van der Waals surface area contributed by atoms with Crippen LogP contribution >= 0.6 is 0 Å². The molecule has 3 aliphatic rings. The highest BCUT2D eigenvalue weighted by Crippen LogP contribution is 2.38. The Balaban J connectivity index is 0.000000618. The Hall–Kier alpha value is -2.34. The smallest absolute Gasteiger partial charge is 0.290 e. The number of likely N-dealkylation sites (tertiary alicyclic amines) is 1. The monoisotopic (exact) mass is 480 g/mol. The number of carbonyl (C=O) groups is 2. The molecule has 3 heterocycles. The lowest BCUT2D eigenvalue weighted by atomic mass is 9.77. The molecule has 0 unspecified atom stereocenters. The predicted molar refractivity (Wildman–Crippen MR) is 129 cm³/mol. The number of aliphatic hydroxyl groups excluding tert-OH is 1. The van der Waals surface area contributed by atoms with Gasteiger partial charge in [-0.2, -0.15) is 0 Å². The molecule has 0 bridgehead atoms. The van der Waals surface area contributed by atoms with Crippen molar-refractivity contribution in [1.29, 1.82) is 0 Å². The molecule has 3 fully saturated rings. The summed E-state index contributed by atoms with van der Waals surface area (Å²) < 4.78 is 0. The van der Waals surface area contributed by atoms with Crippen LogP contribution in [0.3, 0.4) is 0 Å². The second-order valence-electron chi connectivity index (χ2n) is 9.21. The van der Waals surface area contributed by atoms with E-state index in [0.717, 1.165) is 77.6 Å². The van der Waals surface area contributed by atoms with Crippen molar-refractivity contribution in [3.8, 4) is 0 Å². The van der Waals surface area contributed by atoms with Crippen LogP contribution in [0.4, 0.5) is 5.95 Å². The molecule has 0 radical (unpaired) electrons. The lowest BCUT2D eigenvalue weighted by Crippen LogP contribution is -2.55. The highest BCUT2D eigenvalue weighted by Gasteiger charge is 2.43. The summed E-state index contributed by atoms with van der Waals surface area (Å²) in [5.41, 5.74) is 1.18. The number of nitrogens with one attached hydrogen (secondary N) is 1. The number of fused-ring (bicyclic) bond motifs is 1. The standard InChI is InChI=1S/C21H36N6O.2CH2O2/c1-3-4-22-21-23-11-16(12-24-21)13-26-14-17-9-19(20(28)10-18(17)15-26)27-7-5-25(2)6-8-27;2*2-1-3/h11-12,17-20,28H,3-10,13-15H2,1-2H3,(H,22,23,24);2*1H,(H,2,3)/t17-,18+,19-,20-;;/m1../s1. The number of hydrogen-bond acceptors (Lipinski definition) is 9. The third-order valence-electron chi connectivity index (χ3n) is 6.84. The molecule has 11 heteroatoms.